The molecule has 80 valence electrons. The number of ketones is 1. The summed E-state index contributed by atoms with van der Waals surface area (Å²) in [5.74, 6) is -0.203. The van der Waals surface area contributed by atoms with Crippen LogP contribution in [0.5, 0.6) is 0 Å². The van der Waals surface area contributed by atoms with Gasteiger partial charge >= 0.3 is 6.09 Å². The molecule has 0 aliphatic carbocycles. The van der Waals surface area contributed by atoms with Gasteiger partial charge in [0.25, 0.3) is 0 Å². The fourth-order valence-electron chi connectivity index (χ4n) is 1.74. The molecule has 0 radical (unpaired) electrons. The van der Waals surface area contributed by atoms with Crippen LogP contribution in [0.1, 0.15) is 27.7 Å². The van der Waals surface area contributed by atoms with Crippen molar-refractivity contribution in [2.75, 3.05) is 6.61 Å². The molecule has 1 heterocycles. The van der Waals surface area contributed by atoms with Crippen molar-refractivity contribution in [3.05, 3.63) is 0 Å². The van der Waals surface area contributed by atoms with E-state index in [1.807, 2.05) is 0 Å². The number of carbonyl (C=O) groups is 2. The van der Waals surface area contributed by atoms with Crippen molar-refractivity contribution in [3.63, 3.8) is 0 Å². The number of Topliss-reactive ketones (excluding diaryl/α,β-unsaturated/α-hetero) is 1. The zero-order valence-electron chi connectivity index (χ0n) is 8.83. The number of amides is 1. The predicted molar refractivity (Wildman–Crippen MR) is 49.0 cm³/mol. The molecule has 5 heteroatoms. The minimum Gasteiger partial charge on any atom is -0.465 e. The smallest absolute Gasteiger partial charge is 0.410 e. The molecule has 0 spiro atoms. The van der Waals surface area contributed by atoms with Crippen LogP contribution < -0.4 is 0 Å². The first-order valence-electron chi connectivity index (χ1n) is 4.40. The number of rotatable bonds is 1. The Morgan fingerprint density at radius 1 is 1.36 bits per heavy atom. The zero-order valence-corrected chi connectivity index (χ0v) is 8.83. The summed E-state index contributed by atoms with van der Waals surface area (Å²) in [5.41, 5.74) is -2.00. The molecule has 1 N–H and O–H groups in total. The molecule has 1 atom stereocenters. The van der Waals surface area contributed by atoms with Gasteiger partial charge in [0, 0.05) is 0 Å². The number of ether oxygens (including phenoxy) is 1. The van der Waals surface area contributed by atoms with Gasteiger partial charge in [-0.3, -0.25) is 9.69 Å². The molecule has 0 saturated carbocycles. The van der Waals surface area contributed by atoms with E-state index in [0.717, 1.165) is 4.90 Å². The summed E-state index contributed by atoms with van der Waals surface area (Å²) < 4.78 is 5.32. The van der Waals surface area contributed by atoms with Gasteiger partial charge in [0.15, 0.2) is 5.78 Å². The number of carboxylic acid groups (broad SMARTS) is 1. The molecule has 0 bridgehead atoms. The molecule has 1 aliphatic rings. The molecular formula is C9H15NO4. The van der Waals surface area contributed by atoms with Gasteiger partial charge in [0.1, 0.15) is 11.3 Å². The third-order valence-electron chi connectivity index (χ3n) is 2.69. The summed E-state index contributed by atoms with van der Waals surface area (Å²) in [6.07, 6.45) is -1.13. The third kappa shape index (κ3) is 1.37. The number of hydrogen-bond donors (Lipinski definition) is 1. The molecule has 1 fully saturated rings. The molecule has 0 aromatic carbocycles. The monoisotopic (exact) mass is 201 g/mol. The van der Waals surface area contributed by atoms with E-state index in [1.54, 1.807) is 20.8 Å². The average Bonchev–Trinajstić information content (AvgIpc) is 2.23. The third-order valence-corrected chi connectivity index (χ3v) is 2.69. The van der Waals surface area contributed by atoms with E-state index in [1.165, 1.54) is 6.92 Å². The second-order valence-corrected chi connectivity index (χ2v) is 4.18. The first-order valence-corrected chi connectivity index (χ1v) is 4.40. The van der Waals surface area contributed by atoms with Crippen LogP contribution in [0, 0.1) is 0 Å². The summed E-state index contributed by atoms with van der Waals surface area (Å²) in [6, 6.07) is 0. The van der Waals surface area contributed by atoms with Crippen molar-refractivity contribution in [1.29, 1.82) is 0 Å². The van der Waals surface area contributed by atoms with Gasteiger partial charge in [0.2, 0.25) is 0 Å². The minimum atomic E-state index is -1.13. The Labute approximate surface area is 82.6 Å². The summed E-state index contributed by atoms with van der Waals surface area (Å²) in [7, 11) is 0. The van der Waals surface area contributed by atoms with Crippen molar-refractivity contribution < 1.29 is 19.4 Å². The lowest BCUT2D eigenvalue weighted by Crippen LogP contribution is -2.57. The van der Waals surface area contributed by atoms with E-state index < -0.39 is 17.4 Å². The highest BCUT2D eigenvalue weighted by Gasteiger charge is 2.54. The van der Waals surface area contributed by atoms with Crippen molar-refractivity contribution in [2.45, 2.75) is 39.0 Å². The van der Waals surface area contributed by atoms with Gasteiger partial charge < -0.3 is 9.84 Å². The van der Waals surface area contributed by atoms with Crippen molar-refractivity contribution in [3.8, 4) is 0 Å². The fraction of sp³-hybridized carbons (Fsp3) is 0.778. The summed E-state index contributed by atoms with van der Waals surface area (Å²) in [4.78, 5) is 23.5. The van der Waals surface area contributed by atoms with E-state index in [0.29, 0.717) is 0 Å². The van der Waals surface area contributed by atoms with Crippen LogP contribution >= 0.6 is 0 Å². The highest BCUT2D eigenvalue weighted by atomic mass is 16.5. The van der Waals surface area contributed by atoms with Gasteiger partial charge in [-0.15, -0.1) is 0 Å². The molecule has 1 rings (SSSR count). The summed E-state index contributed by atoms with van der Waals surface area (Å²) >= 11 is 0. The van der Waals surface area contributed by atoms with E-state index >= 15 is 0 Å². The topological polar surface area (TPSA) is 66.8 Å². The molecule has 1 amide bonds. The maximum absolute atomic E-state index is 11.4. The zero-order chi connectivity index (χ0) is 11.1. The Hall–Kier alpha value is -1.10. The van der Waals surface area contributed by atoms with Crippen LogP contribution in [-0.4, -0.2) is 39.8 Å². The van der Waals surface area contributed by atoms with Crippen LogP contribution in [-0.2, 0) is 9.53 Å². The highest BCUT2D eigenvalue weighted by Crippen LogP contribution is 2.35. The average molecular weight is 201 g/mol. The van der Waals surface area contributed by atoms with Crippen LogP contribution in [0.4, 0.5) is 4.79 Å². The Balaban J connectivity index is 3.13. The molecule has 5 nitrogen and oxygen atoms in total. The summed E-state index contributed by atoms with van der Waals surface area (Å²) in [5, 5.41) is 9.03. The standard InChI is InChI=1S/C9H15NO4/c1-6(11)9(4)5-14-8(2,3)10(9)7(12)13/h5H2,1-4H3,(H,12,13). The largest absolute Gasteiger partial charge is 0.465 e. The fourth-order valence-corrected chi connectivity index (χ4v) is 1.74. The van der Waals surface area contributed by atoms with Gasteiger partial charge in [-0.2, -0.15) is 0 Å². The second kappa shape index (κ2) is 2.95. The van der Waals surface area contributed by atoms with E-state index in [2.05, 4.69) is 0 Å². The Kier molecular flexibility index (Phi) is 2.31. The molecule has 0 aromatic heterocycles. The Bertz CT molecular complexity index is 287. The SMILES string of the molecule is CC(=O)C1(C)COC(C)(C)N1C(=O)O. The molecular weight excluding hydrogens is 186 g/mol. The van der Waals surface area contributed by atoms with Crippen molar-refractivity contribution in [2.24, 2.45) is 0 Å². The normalized spacial score (nSPS) is 30.4. The molecule has 14 heavy (non-hydrogen) atoms. The predicted octanol–water partition coefficient (Wildman–Crippen LogP) is 1.08. The summed E-state index contributed by atoms with van der Waals surface area (Å²) in [6.45, 7) is 6.34. The quantitative estimate of drug-likeness (QED) is 0.689. The van der Waals surface area contributed by atoms with Gasteiger partial charge in [-0.1, -0.05) is 0 Å². The molecule has 1 unspecified atom stereocenters. The van der Waals surface area contributed by atoms with Crippen LogP contribution in [0.25, 0.3) is 0 Å². The van der Waals surface area contributed by atoms with Gasteiger partial charge in [-0.25, -0.2) is 4.79 Å². The number of hydrogen-bond acceptors (Lipinski definition) is 3. The number of carbonyl (C=O) groups excluding carboxylic acids is 1. The van der Waals surface area contributed by atoms with Crippen LogP contribution in [0.3, 0.4) is 0 Å². The van der Waals surface area contributed by atoms with E-state index in [-0.39, 0.29) is 12.4 Å². The lowest BCUT2D eigenvalue weighted by Gasteiger charge is -2.35. The maximum atomic E-state index is 11.4. The maximum Gasteiger partial charge on any atom is 0.410 e. The second-order valence-electron chi connectivity index (χ2n) is 4.18. The molecule has 1 saturated heterocycles. The lowest BCUT2D eigenvalue weighted by atomic mass is 9.96. The van der Waals surface area contributed by atoms with Crippen LogP contribution in [0.15, 0.2) is 0 Å². The lowest BCUT2D eigenvalue weighted by molar-refractivity contribution is -0.126. The van der Waals surface area contributed by atoms with Gasteiger partial charge in [-0.05, 0) is 27.7 Å². The molecule has 1 aliphatic heterocycles. The van der Waals surface area contributed by atoms with Crippen molar-refractivity contribution >= 4 is 11.9 Å². The first kappa shape index (κ1) is 11.0. The van der Waals surface area contributed by atoms with E-state index in [4.69, 9.17) is 9.84 Å². The first-order chi connectivity index (χ1) is 6.22. The van der Waals surface area contributed by atoms with Gasteiger partial charge in [0.05, 0.1) is 6.61 Å². The van der Waals surface area contributed by atoms with Crippen LogP contribution in [0.2, 0.25) is 0 Å². The highest BCUT2D eigenvalue weighted by molar-refractivity contribution is 5.90. The minimum absolute atomic E-state index is 0.113. The number of nitrogens with zero attached hydrogens (tertiary/aromatic N) is 1. The Morgan fingerprint density at radius 3 is 2.14 bits per heavy atom. The molecule has 0 aromatic rings. The van der Waals surface area contributed by atoms with Crippen molar-refractivity contribution in [1.82, 2.24) is 4.90 Å². The Morgan fingerprint density at radius 2 is 1.86 bits per heavy atom. The van der Waals surface area contributed by atoms with E-state index in [9.17, 15) is 9.59 Å².